The third-order valence-electron chi connectivity index (χ3n) is 5.55. The Morgan fingerprint density at radius 2 is 1.34 bits per heavy atom. The molecule has 2 aromatic carbocycles. The van der Waals surface area contributed by atoms with Gasteiger partial charge in [-0.05, 0) is 36.1 Å². The Labute approximate surface area is 220 Å². The van der Waals surface area contributed by atoms with E-state index in [9.17, 15) is 29.4 Å². The second kappa shape index (κ2) is 14.8. The minimum atomic E-state index is -1.24. The van der Waals surface area contributed by atoms with E-state index >= 15 is 0 Å². The molecule has 0 aliphatic heterocycles. The van der Waals surface area contributed by atoms with Gasteiger partial charge >= 0.3 is 5.97 Å². The van der Waals surface area contributed by atoms with Crippen LogP contribution in [0, 0.1) is 0 Å². The molecule has 0 saturated heterocycles. The number of carbonyl (C=O) groups excluding carboxylic acids is 3. The van der Waals surface area contributed by atoms with Crippen LogP contribution in [0.15, 0.2) is 59.6 Å². The number of aliphatic carboxylic acids is 1. The highest BCUT2D eigenvalue weighted by Crippen LogP contribution is 2.12. The van der Waals surface area contributed by atoms with Crippen molar-refractivity contribution >= 4 is 29.7 Å². The normalized spacial score (nSPS) is 12.9. The summed E-state index contributed by atoms with van der Waals surface area (Å²) in [5, 5.41) is 26.9. The van der Waals surface area contributed by atoms with Crippen LogP contribution in [0.2, 0.25) is 0 Å². The van der Waals surface area contributed by atoms with Crippen LogP contribution >= 0.6 is 0 Å². The SMILES string of the molecule is CC(=O)N[C@@H](Cc1ccc(O)cc1)C(=O)N[C@H](Cc1ccccc1)C(=O)N[C@@H](CCCN=C(N)N)C(=O)O. The van der Waals surface area contributed by atoms with Gasteiger partial charge in [-0.3, -0.25) is 19.4 Å². The topological polar surface area (TPSA) is 209 Å². The summed E-state index contributed by atoms with van der Waals surface area (Å²) in [6.07, 6.45) is 0.569. The Hall–Kier alpha value is -4.61. The van der Waals surface area contributed by atoms with Crippen LogP contribution in [-0.4, -0.2) is 64.5 Å². The standard InChI is InChI=1S/C26H34N6O6/c1-16(33)30-21(15-18-9-11-19(34)12-10-18)23(35)32-22(14-17-6-3-2-4-7-17)24(36)31-20(25(37)38)8-5-13-29-26(27)28/h2-4,6-7,9-12,20-22,34H,5,8,13-15H2,1H3,(H,30,33)(H,31,36)(H,32,35)(H,37,38)(H4,27,28,29)/t20-,21-,22+/m0/s1. The largest absolute Gasteiger partial charge is 0.508 e. The molecule has 12 nitrogen and oxygen atoms in total. The molecule has 204 valence electrons. The number of benzene rings is 2. The van der Waals surface area contributed by atoms with Gasteiger partial charge in [-0.15, -0.1) is 0 Å². The van der Waals surface area contributed by atoms with Gasteiger partial charge in [0.25, 0.3) is 0 Å². The van der Waals surface area contributed by atoms with Crippen molar-refractivity contribution in [3.05, 3.63) is 65.7 Å². The maximum atomic E-state index is 13.2. The molecule has 0 heterocycles. The number of guanidine groups is 1. The molecule has 0 bridgehead atoms. The number of aromatic hydroxyl groups is 1. The van der Waals surface area contributed by atoms with E-state index in [0.717, 1.165) is 5.56 Å². The second-order valence-electron chi connectivity index (χ2n) is 8.72. The van der Waals surface area contributed by atoms with Crippen molar-refractivity contribution in [2.75, 3.05) is 6.54 Å². The Morgan fingerprint density at radius 3 is 1.87 bits per heavy atom. The molecule has 12 heteroatoms. The van der Waals surface area contributed by atoms with Crippen molar-refractivity contribution in [3.63, 3.8) is 0 Å². The summed E-state index contributed by atoms with van der Waals surface area (Å²) >= 11 is 0. The number of nitrogens with zero attached hydrogens (tertiary/aromatic N) is 1. The van der Waals surface area contributed by atoms with E-state index in [-0.39, 0.29) is 37.5 Å². The minimum Gasteiger partial charge on any atom is -0.508 e. The molecule has 0 aromatic heterocycles. The molecule has 0 fully saturated rings. The summed E-state index contributed by atoms with van der Waals surface area (Å²) in [7, 11) is 0. The van der Waals surface area contributed by atoms with Crippen molar-refractivity contribution in [3.8, 4) is 5.75 Å². The van der Waals surface area contributed by atoms with E-state index in [1.54, 1.807) is 42.5 Å². The van der Waals surface area contributed by atoms with Crippen LogP contribution in [-0.2, 0) is 32.0 Å². The first-order valence-corrected chi connectivity index (χ1v) is 12.0. The number of phenolic OH excluding ortho intramolecular Hbond substituents is 1. The third kappa shape index (κ3) is 10.6. The van der Waals surface area contributed by atoms with E-state index < -0.39 is 41.8 Å². The van der Waals surface area contributed by atoms with E-state index in [1.165, 1.54) is 19.1 Å². The lowest BCUT2D eigenvalue weighted by Crippen LogP contribution is -2.56. The third-order valence-corrected chi connectivity index (χ3v) is 5.55. The number of nitrogens with one attached hydrogen (secondary N) is 3. The number of amides is 3. The lowest BCUT2D eigenvalue weighted by Gasteiger charge is -2.24. The number of hydrogen-bond donors (Lipinski definition) is 7. The summed E-state index contributed by atoms with van der Waals surface area (Å²) in [5.41, 5.74) is 12.0. The van der Waals surface area contributed by atoms with Gasteiger partial charge in [0.1, 0.15) is 23.9 Å². The number of aliphatic imine (C=N–C) groups is 1. The Balaban J connectivity index is 2.20. The van der Waals surface area contributed by atoms with E-state index in [4.69, 9.17) is 11.5 Å². The lowest BCUT2D eigenvalue weighted by molar-refractivity contribution is -0.142. The van der Waals surface area contributed by atoms with Gasteiger partial charge < -0.3 is 37.6 Å². The van der Waals surface area contributed by atoms with E-state index in [2.05, 4.69) is 20.9 Å². The highest BCUT2D eigenvalue weighted by atomic mass is 16.4. The highest BCUT2D eigenvalue weighted by molar-refractivity contribution is 5.93. The Morgan fingerprint density at radius 1 is 0.816 bits per heavy atom. The molecule has 0 spiro atoms. The molecule has 2 rings (SSSR count). The monoisotopic (exact) mass is 526 g/mol. The first-order valence-electron chi connectivity index (χ1n) is 12.0. The smallest absolute Gasteiger partial charge is 0.326 e. The van der Waals surface area contributed by atoms with Gasteiger partial charge in [-0.1, -0.05) is 42.5 Å². The maximum Gasteiger partial charge on any atom is 0.326 e. The molecule has 0 unspecified atom stereocenters. The van der Waals surface area contributed by atoms with Gasteiger partial charge in [0, 0.05) is 26.3 Å². The first kappa shape index (κ1) is 29.6. The number of nitrogens with two attached hydrogens (primary N) is 2. The molecule has 3 atom stereocenters. The van der Waals surface area contributed by atoms with Crippen LogP contribution in [0.3, 0.4) is 0 Å². The summed E-state index contributed by atoms with van der Waals surface area (Å²) < 4.78 is 0. The van der Waals surface area contributed by atoms with Gasteiger partial charge in [-0.25, -0.2) is 4.79 Å². The van der Waals surface area contributed by atoms with Crippen molar-refractivity contribution < 1.29 is 29.4 Å². The number of carboxylic acid groups (broad SMARTS) is 1. The molecule has 0 radical (unpaired) electrons. The zero-order valence-electron chi connectivity index (χ0n) is 21.1. The molecular formula is C26H34N6O6. The number of phenols is 1. The predicted molar refractivity (Wildman–Crippen MR) is 141 cm³/mol. The molecule has 3 amide bonds. The molecule has 38 heavy (non-hydrogen) atoms. The quantitative estimate of drug-likeness (QED) is 0.0992. The molecule has 0 aliphatic carbocycles. The van der Waals surface area contributed by atoms with E-state index in [0.29, 0.717) is 12.0 Å². The molecule has 0 aliphatic rings. The zero-order valence-corrected chi connectivity index (χ0v) is 21.1. The number of carbonyl (C=O) groups is 4. The van der Waals surface area contributed by atoms with Crippen molar-refractivity contribution in [1.29, 1.82) is 0 Å². The Bertz CT molecular complexity index is 1120. The van der Waals surface area contributed by atoms with Gasteiger partial charge in [0.15, 0.2) is 5.96 Å². The minimum absolute atomic E-state index is 0.0557. The lowest BCUT2D eigenvalue weighted by atomic mass is 10.0. The molecule has 2 aromatic rings. The summed E-state index contributed by atoms with van der Waals surface area (Å²) in [4.78, 5) is 53.8. The van der Waals surface area contributed by atoms with Crippen molar-refractivity contribution in [2.24, 2.45) is 16.5 Å². The Kier molecular flexibility index (Phi) is 11.6. The predicted octanol–water partition coefficient (Wildman–Crippen LogP) is -0.210. The number of hydrogen-bond acceptors (Lipinski definition) is 6. The van der Waals surface area contributed by atoms with Gasteiger partial charge in [0.2, 0.25) is 17.7 Å². The number of rotatable bonds is 14. The summed E-state index contributed by atoms with van der Waals surface area (Å²) in [6, 6.07) is 11.7. The fraction of sp³-hybridized carbons (Fsp3) is 0.346. The summed E-state index contributed by atoms with van der Waals surface area (Å²) in [5.74, 6) is -3.06. The van der Waals surface area contributed by atoms with Crippen LogP contribution in [0.5, 0.6) is 5.75 Å². The maximum absolute atomic E-state index is 13.2. The van der Waals surface area contributed by atoms with E-state index in [1.807, 2.05) is 0 Å². The second-order valence-corrected chi connectivity index (χ2v) is 8.72. The fourth-order valence-electron chi connectivity index (χ4n) is 3.69. The van der Waals surface area contributed by atoms with Gasteiger partial charge in [-0.2, -0.15) is 0 Å². The summed E-state index contributed by atoms with van der Waals surface area (Å²) in [6.45, 7) is 1.47. The van der Waals surface area contributed by atoms with Crippen LogP contribution < -0.4 is 27.4 Å². The van der Waals surface area contributed by atoms with Crippen LogP contribution in [0.1, 0.15) is 30.9 Å². The highest BCUT2D eigenvalue weighted by Gasteiger charge is 2.29. The average molecular weight is 527 g/mol. The van der Waals surface area contributed by atoms with Crippen LogP contribution in [0.25, 0.3) is 0 Å². The van der Waals surface area contributed by atoms with Crippen molar-refractivity contribution in [2.45, 2.75) is 50.7 Å². The van der Waals surface area contributed by atoms with Crippen molar-refractivity contribution in [1.82, 2.24) is 16.0 Å². The molecule has 0 saturated carbocycles. The molecular weight excluding hydrogens is 492 g/mol. The average Bonchev–Trinajstić information content (AvgIpc) is 2.86. The number of carboxylic acids is 1. The van der Waals surface area contributed by atoms with Gasteiger partial charge in [0.05, 0.1) is 0 Å². The first-order chi connectivity index (χ1) is 18.0. The molecule has 9 N–H and O–H groups in total. The van der Waals surface area contributed by atoms with Crippen LogP contribution in [0.4, 0.5) is 0 Å². The fourth-order valence-corrected chi connectivity index (χ4v) is 3.69. The zero-order chi connectivity index (χ0) is 28.1.